The van der Waals surface area contributed by atoms with Gasteiger partial charge in [-0.25, -0.2) is 4.98 Å². The number of carbonyl (C=O) groups excluding carboxylic acids is 1. The van der Waals surface area contributed by atoms with Crippen LogP contribution in [0, 0.1) is 0 Å². The van der Waals surface area contributed by atoms with Gasteiger partial charge < -0.3 is 19.2 Å². The summed E-state index contributed by atoms with van der Waals surface area (Å²) in [4.78, 5) is 25.1. The Morgan fingerprint density at radius 1 is 1.28 bits per heavy atom. The van der Waals surface area contributed by atoms with Gasteiger partial charge in [0, 0.05) is 24.5 Å². The zero-order valence-corrected chi connectivity index (χ0v) is 15.4. The Morgan fingerprint density at radius 2 is 2.12 bits per heavy atom. The van der Waals surface area contributed by atoms with E-state index < -0.39 is 0 Å². The third-order valence-electron chi connectivity index (χ3n) is 4.58. The molecule has 4 rings (SSSR count). The fourth-order valence-corrected chi connectivity index (χ4v) is 4.59. The average molecular weight is 377 g/mol. The second-order valence-corrected chi connectivity index (χ2v) is 7.54. The van der Waals surface area contributed by atoms with Crippen molar-refractivity contribution in [2.24, 2.45) is 0 Å². The van der Waals surface area contributed by atoms with Crippen molar-refractivity contribution in [2.45, 2.75) is 6.42 Å². The molecule has 1 saturated heterocycles. The van der Waals surface area contributed by atoms with E-state index >= 15 is 0 Å². The van der Waals surface area contributed by atoms with Crippen LogP contribution >= 0.6 is 22.9 Å². The third-order valence-corrected chi connectivity index (χ3v) is 5.94. The summed E-state index contributed by atoms with van der Waals surface area (Å²) in [5, 5.41) is 0.285. The molecule has 4 heterocycles. The van der Waals surface area contributed by atoms with Crippen LogP contribution in [0.25, 0.3) is 15.8 Å². The number of morpholine rings is 1. The lowest BCUT2D eigenvalue weighted by Crippen LogP contribution is -2.36. The second kappa shape index (κ2) is 7.41. The highest BCUT2D eigenvalue weighted by Gasteiger charge is 2.21. The number of nitrogens with zero attached hydrogens (tertiary/aromatic N) is 4. The summed E-state index contributed by atoms with van der Waals surface area (Å²) in [5.41, 5.74) is 2.21. The SMILES string of the molecule is O=CBN1CC=C(c2cc3nc(Cl)nc(N4CCOCC4)c3s2)CC1. The van der Waals surface area contributed by atoms with Crippen LogP contribution in [-0.4, -0.2) is 67.8 Å². The first-order valence-corrected chi connectivity index (χ1v) is 9.59. The molecule has 9 heteroatoms. The molecule has 25 heavy (non-hydrogen) atoms. The maximum Gasteiger partial charge on any atom is 0.281 e. The maximum atomic E-state index is 10.7. The molecule has 0 spiro atoms. The van der Waals surface area contributed by atoms with Gasteiger partial charge in [0.2, 0.25) is 5.28 Å². The topological polar surface area (TPSA) is 58.6 Å². The van der Waals surface area contributed by atoms with Crippen LogP contribution in [0.5, 0.6) is 0 Å². The number of aromatic nitrogens is 2. The zero-order chi connectivity index (χ0) is 17.2. The molecule has 6 nitrogen and oxygen atoms in total. The van der Waals surface area contributed by atoms with Crippen molar-refractivity contribution in [1.29, 1.82) is 0 Å². The van der Waals surface area contributed by atoms with E-state index in [9.17, 15) is 4.79 Å². The highest BCUT2D eigenvalue weighted by atomic mass is 35.5. The molecule has 0 N–H and O–H groups in total. The number of anilines is 1. The Hall–Kier alpha value is -1.48. The van der Waals surface area contributed by atoms with Gasteiger partial charge in [-0.2, -0.15) is 4.98 Å². The highest BCUT2D eigenvalue weighted by molar-refractivity contribution is 7.20. The first-order chi connectivity index (χ1) is 12.2. The largest absolute Gasteiger partial charge is 0.378 e. The Bertz CT molecular complexity index is 822. The van der Waals surface area contributed by atoms with E-state index in [1.807, 2.05) is 0 Å². The Balaban J connectivity index is 1.67. The molecular formula is C16H18BClN4O2S. The van der Waals surface area contributed by atoms with Crippen LogP contribution in [0.15, 0.2) is 12.1 Å². The number of fused-ring (bicyclic) bond motifs is 1. The van der Waals surface area contributed by atoms with E-state index in [2.05, 4.69) is 31.8 Å². The minimum Gasteiger partial charge on any atom is -0.378 e. The van der Waals surface area contributed by atoms with E-state index in [0.29, 0.717) is 20.6 Å². The molecule has 0 saturated carbocycles. The first-order valence-electron chi connectivity index (χ1n) is 8.40. The van der Waals surface area contributed by atoms with Gasteiger partial charge in [0.05, 0.1) is 29.6 Å². The number of halogens is 1. The highest BCUT2D eigenvalue weighted by Crippen LogP contribution is 2.37. The molecule has 2 aromatic rings. The molecule has 0 aromatic carbocycles. The van der Waals surface area contributed by atoms with Crippen molar-refractivity contribution < 1.29 is 9.53 Å². The van der Waals surface area contributed by atoms with Crippen molar-refractivity contribution in [3.8, 4) is 0 Å². The molecule has 2 aliphatic rings. The fraction of sp³-hybridized carbons (Fsp3) is 0.438. The first kappa shape index (κ1) is 17.0. The summed E-state index contributed by atoms with van der Waals surface area (Å²) >= 11 is 7.89. The number of carbonyl (C=O) groups is 1. The molecule has 0 bridgehead atoms. The minimum absolute atomic E-state index is 0.285. The number of hydrogen-bond acceptors (Lipinski definition) is 7. The van der Waals surface area contributed by atoms with Gasteiger partial charge in [-0.1, -0.05) is 6.08 Å². The van der Waals surface area contributed by atoms with Crippen molar-refractivity contribution >= 4 is 58.1 Å². The quantitative estimate of drug-likeness (QED) is 0.461. The van der Waals surface area contributed by atoms with Crippen LogP contribution < -0.4 is 4.90 Å². The number of thiophene rings is 1. The number of hydrogen-bond donors (Lipinski definition) is 0. The van der Waals surface area contributed by atoms with Gasteiger partial charge >= 0.3 is 0 Å². The Labute approximate surface area is 155 Å². The van der Waals surface area contributed by atoms with E-state index in [0.717, 1.165) is 54.8 Å². The molecular weight excluding hydrogens is 359 g/mol. The van der Waals surface area contributed by atoms with Crippen LogP contribution in [0.1, 0.15) is 11.3 Å². The summed E-state index contributed by atoms with van der Waals surface area (Å²) in [7, 11) is 0.498. The molecule has 0 aliphatic carbocycles. The molecule has 2 aromatic heterocycles. The van der Waals surface area contributed by atoms with E-state index in [-0.39, 0.29) is 5.28 Å². The van der Waals surface area contributed by atoms with E-state index in [1.165, 1.54) is 10.5 Å². The van der Waals surface area contributed by atoms with Gasteiger partial charge in [-0.3, -0.25) is 0 Å². The van der Waals surface area contributed by atoms with E-state index in [4.69, 9.17) is 16.3 Å². The summed E-state index contributed by atoms with van der Waals surface area (Å²) in [6.07, 6.45) is 4.11. The van der Waals surface area contributed by atoms with Crippen molar-refractivity contribution in [1.82, 2.24) is 14.8 Å². The fourth-order valence-electron chi connectivity index (χ4n) is 3.24. The normalized spacial score (nSPS) is 19.1. The maximum absolute atomic E-state index is 10.7. The summed E-state index contributed by atoms with van der Waals surface area (Å²) < 4.78 is 6.52. The third kappa shape index (κ3) is 3.57. The monoisotopic (exact) mass is 376 g/mol. The van der Waals surface area contributed by atoms with Gasteiger partial charge in [0.1, 0.15) is 0 Å². The summed E-state index contributed by atoms with van der Waals surface area (Å²) in [5.74, 6) is 0.911. The molecule has 130 valence electrons. The van der Waals surface area contributed by atoms with Crippen LogP contribution in [0.2, 0.25) is 5.28 Å². The van der Waals surface area contributed by atoms with Crippen LogP contribution in [0.4, 0.5) is 5.82 Å². The average Bonchev–Trinajstić information content (AvgIpc) is 3.06. The molecule has 0 unspecified atom stereocenters. The predicted octanol–water partition coefficient (Wildman–Crippen LogP) is 1.81. The van der Waals surface area contributed by atoms with Crippen molar-refractivity contribution in [3.05, 3.63) is 22.3 Å². The van der Waals surface area contributed by atoms with Crippen molar-refractivity contribution in [2.75, 3.05) is 44.3 Å². The van der Waals surface area contributed by atoms with Crippen LogP contribution in [-0.2, 0) is 9.53 Å². The molecule has 2 aliphatic heterocycles. The van der Waals surface area contributed by atoms with Gasteiger partial charge in [0.25, 0.3) is 7.41 Å². The smallest absolute Gasteiger partial charge is 0.281 e. The minimum atomic E-state index is 0.285. The molecule has 0 radical (unpaired) electrons. The Morgan fingerprint density at radius 3 is 2.84 bits per heavy atom. The van der Waals surface area contributed by atoms with Gasteiger partial charge in [-0.15, -0.1) is 11.3 Å². The van der Waals surface area contributed by atoms with Crippen LogP contribution in [0.3, 0.4) is 0 Å². The lowest BCUT2D eigenvalue weighted by atomic mass is 9.91. The predicted molar refractivity (Wildman–Crippen MR) is 104 cm³/mol. The standard InChI is InChI=1S/C16H18BClN4O2S/c18-16-19-12-9-13(11-1-3-22(4-2-11)17-10-23)25-14(12)15(20-16)21-5-7-24-8-6-21/h1,9-10,17H,2-8H2. The number of rotatable bonds is 4. The Kier molecular flexibility index (Phi) is 5.03. The van der Waals surface area contributed by atoms with E-state index in [1.54, 1.807) is 11.3 Å². The number of ether oxygens (including phenoxy) is 1. The van der Waals surface area contributed by atoms with Crippen molar-refractivity contribution in [3.63, 3.8) is 0 Å². The molecule has 0 atom stereocenters. The van der Waals surface area contributed by atoms with Gasteiger partial charge in [0.15, 0.2) is 5.82 Å². The molecule has 0 amide bonds. The zero-order valence-electron chi connectivity index (χ0n) is 13.8. The second-order valence-electron chi connectivity index (χ2n) is 6.15. The lowest BCUT2D eigenvalue weighted by molar-refractivity contribution is 0.122. The lowest BCUT2D eigenvalue weighted by Gasteiger charge is -2.28. The summed E-state index contributed by atoms with van der Waals surface area (Å²) in [6.45, 7) is 4.77. The summed E-state index contributed by atoms with van der Waals surface area (Å²) in [6, 6.07) is 2.11. The molecule has 1 fully saturated rings. The van der Waals surface area contributed by atoms with Gasteiger partial charge in [-0.05, 0) is 36.2 Å².